The lowest BCUT2D eigenvalue weighted by molar-refractivity contribution is -0.376. The van der Waals surface area contributed by atoms with Gasteiger partial charge < -0.3 is 68.9 Å². The Kier molecular flexibility index (Phi) is 9.94. The van der Waals surface area contributed by atoms with Crippen molar-refractivity contribution in [1.29, 1.82) is 0 Å². The van der Waals surface area contributed by atoms with E-state index in [0.717, 1.165) is 13.8 Å². The topological polar surface area (TPSA) is 240 Å². The molecule has 0 aromatic heterocycles. The van der Waals surface area contributed by atoms with Gasteiger partial charge in [0.05, 0.1) is 13.2 Å². The smallest absolute Gasteiger partial charge is 0.303 e. The molecule has 1 unspecified atom stereocenters. The minimum Gasteiger partial charge on any atom is -0.463 e. The minimum absolute atomic E-state index is 0.373. The molecule has 16 nitrogen and oxygen atoms in total. The van der Waals surface area contributed by atoms with Gasteiger partial charge in [-0.1, -0.05) is 0 Å². The highest BCUT2D eigenvalue weighted by molar-refractivity contribution is 5.66. The molecule has 0 aromatic carbocycles. The van der Waals surface area contributed by atoms with Crippen molar-refractivity contribution in [1.82, 2.24) is 0 Å². The highest BCUT2D eigenvalue weighted by atomic mass is 16.8. The average Bonchev–Trinajstić information content (AvgIpc) is 2.81. The first-order valence-electron chi connectivity index (χ1n) is 11.2. The van der Waals surface area contributed by atoms with Gasteiger partial charge in [0, 0.05) is 13.8 Å². The molecule has 3 heterocycles. The number of esters is 2. The average molecular weight is 528 g/mol. The van der Waals surface area contributed by atoms with Gasteiger partial charge in [0.1, 0.15) is 61.5 Å². The van der Waals surface area contributed by atoms with Crippen LogP contribution in [0.4, 0.5) is 0 Å². The zero-order valence-electron chi connectivity index (χ0n) is 19.4. The number of ether oxygens (including phenoxy) is 7. The molecule has 13 atom stereocenters. The zero-order valence-corrected chi connectivity index (χ0v) is 19.4. The second-order valence-electron chi connectivity index (χ2n) is 8.64. The molecule has 0 aliphatic carbocycles. The van der Waals surface area contributed by atoms with Crippen molar-refractivity contribution in [2.24, 2.45) is 0 Å². The van der Waals surface area contributed by atoms with Gasteiger partial charge >= 0.3 is 11.9 Å². The fourth-order valence-corrected chi connectivity index (χ4v) is 3.95. The molecule has 3 aliphatic heterocycles. The summed E-state index contributed by atoms with van der Waals surface area (Å²) >= 11 is 0. The standard InChI is InChI=1S/C20H32O16/c1-6(21)30-5-10-15(33-7(2)22)13(27)14(28)19(34-10)36-17-12(26)9(24)4-32-20(17)35-16-11(25)8(23)3-31-18(16)29/h8-20,23-29H,3-5H2,1-2H3/t8-,9-,10-,11+,12+,13-,14-,15-,16-,17-,18?,19+,20+/m1/s1. The molecular formula is C20H32O16. The van der Waals surface area contributed by atoms with Crippen LogP contribution in [0.1, 0.15) is 13.8 Å². The monoisotopic (exact) mass is 528 g/mol. The van der Waals surface area contributed by atoms with Crippen LogP contribution in [0.25, 0.3) is 0 Å². The molecule has 16 heteroatoms. The molecule has 36 heavy (non-hydrogen) atoms. The van der Waals surface area contributed by atoms with Crippen LogP contribution in [0.15, 0.2) is 0 Å². The van der Waals surface area contributed by atoms with Crippen LogP contribution in [0, 0.1) is 0 Å². The highest BCUT2D eigenvalue weighted by Gasteiger charge is 2.52. The molecule has 0 amide bonds. The Morgan fingerprint density at radius 3 is 1.92 bits per heavy atom. The third kappa shape index (κ3) is 6.66. The first-order chi connectivity index (χ1) is 16.9. The summed E-state index contributed by atoms with van der Waals surface area (Å²) in [5.74, 6) is -1.52. The first kappa shape index (κ1) is 29.0. The van der Waals surface area contributed by atoms with Crippen LogP contribution in [-0.2, 0) is 42.7 Å². The molecule has 0 saturated carbocycles. The zero-order chi connectivity index (χ0) is 26.7. The lowest BCUT2D eigenvalue weighted by Crippen LogP contribution is -2.64. The van der Waals surface area contributed by atoms with Crippen LogP contribution in [0.3, 0.4) is 0 Å². The van der Waals surface area contributed by atoms with Gasteiger partial charge in [-0.05, 0) is 0 Å². The van der Waals surface area contributed by atoms with E-state index >= 15 is 0 Å². The molecule has 208 valence electrons. The number of hydrogen-bond acceptors (Lipinski definition) is 16. The van der Waals surface area contributed by atoms with Crippen molar-refractivity contribution in [2.45, 2.75) is 93.8 Å². The Morgan fingerprint density at radius 1 is 0.722 bits per heavy atom. The Morgan fingerprint density at radius 2 is 1.31 bits per heavy atom. The summed E-state index contributed by atoms with van der Waals surface area (Å²) in [5.41, 5.74) is 0. The maximum absolute atomic E-state index is 11.5. The van der Waals surface area contributed by atoms with E-state index in [4.69, 9.17) is 33.2 Å². The highest BCUT2D eigenvalue weighted by Crippen LogP contribution is 2.31. The van der Waals surface area contributed by atoms with E-state index in [9.17, 15) is 45.3 Å². The summed E-state index contributed by atoms with van der Waals surface area (Å²) in [6, 6.07) is 0. The maximum atomic E-state index is 11.5. The van der Waals surface area contributed by atoms with Gasteiger partial charge in [-0.25, -0.2) is 0 Å². The molecule has 3 rings (SSSR count). The predicted molar refractivity (Wildman–Crippen MR) is 108 cm³/mol. The fraction of sp³-hybridized carbons (Fsp3) is 0.900. The largest absolute Gasteiger partial charge is 0.463 e. The SMILES string of the molecule is CC(=O)OC[C@H]1O[C@@H](O[C@H]2[C@H](O[C@H]3C(O)OC[C@@H](O)[C@@H]3O)OC[C@@H](O)[C@@H]2O)[C@H](O)[C@@H](O)[C@@H]1OC(C)=O. The Hall–Kier alpha value is -1.54. The van der Waals surface area contributed by atoms with Gasteiger partial charge in [-0.15, -0.1) is 0 Å². The second kappa shape index (κ2) is 12.3. The maximum Gasteiger partial charge on any atom is 0.303 e. The van der Waals surface area contributed by atoms with E-state index in [-0.39, 0.29) is 6.61 Å². The third-order valence-corrected chi connectivity index (χ3v) is 5.86. The molecule has 3 fully saturated rings. The van der Waals surface area contributed by atoms with Gasteiger partial charge in [-0.3, -0.25) is 9.59 Å². The van der Waals surface area contributed by atoms with E-state index < -0.39 is 105 Å². The van der Waals surface area contributed by atoms with Gasteiger partial charge in [-0.2, -0.15) is 0 Å². The van der Waals surface area contributed by atoms with Crippen molar-refractivity contribution in [3.63, 3.8) is 0 Å². The number of aliphatic hydroxyl groups excluding tert-OH is 7. The lowest BCUT2D eigenvalue weighted by Gasteiger charge is -2.46. The molecule has 0 radical (unpaired) electrons. The fourth-order valence-electron chi connectivity index (χ4n) is 3.95. The van der Waals surface area contributed by atoms with E-state index in [1.165, 1.54) is 0 Å². The van der Waals surface area contributed by atoms with E-state index in [1.54, 1.807) is 0 Å². The summed E-state index contributed by atoms with van der Waals surface area (Å²) in [7, 11) is 0. The van der Waals surface area contributed by atoms with Gasteiger partial charge in [0.25, 0.3) is 0 Å². The summed E-state index contributed by atoms with van der Waals surface area (Å²) in [4.78, 5) is 22.7. The molecule has 7 N–H and O–H groups in total. The molecular weight excluding hydrogens is 496 g/mol. The Balaban J connectivity index is 1.78. The Bertz CT molecular complexity index is 751. The molecule has 0 spiro atoms. The van der Waals surface area contributed by atoms with Crippen LogP contribution in [-0.4, -0.2) is 147 Å². The van der Waals surface area contributed by atoms with Gasteiger partial charge in [0.15, 0.2) is 25.0 Å². The quantitative estimate of drug-likeness (QED) is 0.153. The minimum atomic E-state index is -1.87. The number of aliphatic hydroxyl groups is 7. The van der Waals surface area contributed by atoms with E-state index in [1.807, 2.05) is 0 Å². The van der Waals surface area contributed by atoms with Crippen LogP contribution < -0.4 is 0 Å². The summed E-state index contributed by atoms with van der Waals surface area (Å²) in [5, 5.41) is 71.7. The molecule has 3 aliphatic rings. The Labute approximate surface area is 204 Å². The van der Waals surface area contributed by atoms with Crippen molar-refractivity contribution in [2.75, 3.05) is 19.8 Å². The van der Waals surface area contributed by atoms with Crippen molar-refractivity contribution in [3.8, 4) is 0 Å². The molecule has 0 bridgehead atoms. The van der Waals surface area contributed by atoms with E-state index in [2.05, 4.69) is 0 Å². The predicted octanol–water partition coefficient (Wildman–Crippen LogP) is -5.15. The molecule has 3 saturated heterocycles. The number of hydrogen-bond donors (Lipinski definition) is 7. The van der Waals surface area contributed by atoms with Crippen LogP contribution in [0.5, 0.6) is 0 Å². The van der Waals surface area contributed by atoms with Crippen molar-refractivity contribution in [3.05, 3.63) is 0 Å². The second-order valence-corrected chi connectivity index (χ2v) is 8.64. The number of carbonyl (C=O) groups excluding carboxylic acids is 2. The van der Waals surface area contributed by atoms with E-state index in [0.29, 0.717) is 0 Å². The lowest BCUT2D eigenvalue weighted by atomic mass is 9.98. The van der Waals surface area contributed by atoms with Gasteiger partial charge in [0.2, 0.25) is 0 Å². The first-order valence-corrected chi connectivity index (χ1v) is 11.2. The molecule has 0 aromatic rings. The van der Waals surface area contributed by atoms with Crippen LogP contribution in [0.2, 0.25) is 0 Å². The summed E-state index contributed by atoms with van der Waals surface area (Å²) in [6.45, 7) is 0.838. The third-order valence-electron chi connectivity index (χ3n) is 5.86. The van der Waals surface area contributed by atoms with Crippen molar-refractivity contribution < 1.29 is 78.5 Å². The summed E-state index contributed by atoms with van der Waals surface area (Å²) in [6.07, 6.45) is -20.9. The normalized spacial score (nSPS) is 45.6. The summed E-state index contributed by atoms with van der Waals surface area (Å²) < 4.78 is 36.8. The van der Waals surface area contributed by atoms with Crippen molar-refractivity contribution >= 4 is 11.9 Å². The van der Waals surface area contributed by atoms with Crippen LogP contribution >= 0.6 is 0 Å². The number of rotatable bonds is 7. The number of carbonyl (C=O) groups is 2.